The van der Waals surface area contributed by atoms with Crippen molar-refractivity contribution in [3.05, 3.63) is 48.2 Å². The first-order chi connectivity index (χ1) is 18.7. The smallest absolute Gasteiger partial charge is 0.239 e. The maximum Gasteiger partial charge on any atom is 0.239 e. The second-order valence-electron chi connectivity index (χ2n) is 9.55. The van der Waals surface area contributed by atoms with E-state index in [1.807, 2.05) is 30.3 Å². The van der Waals surface area contributed by atoms with Crippen molar-refractivity contribution in [2.24, 2.45) is 0 Å². The molecule has 0 bridgehead atoms. The Morgan fingerprint density at radius 3 is 2.61 bits per heavy atom. The zero-order valence-corrected chi connectivity index (χ0v) is 21.3. The fourth-order valence-electron chi connectivity index (χ4n) is 4.75. The largest absolute Gasteiger partial charge is 0.486 e. The van der Waals surface area contributed by atoms with Crippen molar-refractivity contribution in [2.45, 2.75) is 12.1 Å². The van der Waals surface area contributed by atoms with Crippen LogP contribution in [0.15, 0.2) is 42.6 Å². The average molecular weight is 515 g/mol. The molecule has 11 heteroatoms. The molecule has 3 saturated heterocycles. The van der Waals surface area contributed by atoms with Gasteiger partial charge in [0.1, 0.15) is 29.4 Å². The third-order valence-electron chi connectivity index (χ3n) is 7.15. The molecule has 0 saturated carbocycles. The lowest BCUT2D eigenvalue weighted by atomic mass is 10.1. The molecule has 5 heterocycles. The molecule has 0 aliphatic carbocycles. The lowest BCUT2D eigenvalue weighted by Crippen LogP contribution is -2.56. The number of aromatic nitrogens is 3. The fraction of sp³-hybridized carbons (Fsp3) is 0.407. The molecule has 11 nitrogen and oxygen atoms in total. The topological polar surface area (TPSA) is 121 Å². The van der Waals surface area contributed by atoms with Gasteiger partial charge in [-0.25, -0.2) is 9.97 Å². The van der Waals surface area contributed by atoms with Crippen LogP contribution in [0.2, 0.25) is 0 Å². The number of nitriles is 1. The van der Waals surface area contributed by atoms with Crippen LogP contribution in [0.25, 0.3) is 11.3 Å². The Balaban J connectivity index is 1.15. The first-order valence-electron chi connectivity index (χ1n) is 12.8. The standard InChI is InChI=1S/C27H30N8O3/c1-36-26-23(35-10-8-34(9-11-35)20-16-37-17-20)3-5-25(32-26)33-27-30-7-6-22(31-27)18-2-4-24(19(12-18)13-28)38-21-14-29-15-21/h2-7,12,20-21,29H,8-11,14-17H2,1H3,(H,30,31,32,33). The third kappa shape index (κ3) is 5.06. The minimum Gasteiger partial charge on any atom is -0.486 e. The summed E-state index contributed by atoms with van der Waals surface area (Å²) >= 11 is 0. The number of anilines is 3. The summed E-state index contributed by atoms with van der Waals surface area (Å²) in [6, 6.07) is 14.1. The second kappa shape index (κ2) is 10.8. The van der Waals surface area contributed by atoms with Crippen LogP contribution < -0.4 is 25.0 Å². The summed E-state index contributed by atoms with van der Waals surface area (Å²) in [5, 5.41) is 16.0. The highest BCUT2D eigenvalue weighted by molar-refractivity contribution is 5.66. The zero-order chi connectivity index (χ0) is 25.9. The Kier molecular flexibility index (Phi) is 6.92. The van der Waals surface area contributed by atoms with Gasteiger partial charge in [0.15, 0.2) is 0 Å². The number of hydrogen-bond acceptors (Lipinski definition) is 11. The number of benzene rings is 1. The van der Waals surface area contributed by atoms with Gasteiger partial charge in [0.05, 0.1) is 37.6 Å². The van der Waals surface area contributed by atoms with Crippen LogP contribution in [0.5, 0.6) is 11.6 Å². The molecule has 3 aromatic rings. The molecule has 2 aromatic heterocycles. The van der Waals surface area contributed by atoms with E-state index in [9.17, 15) is 5.26 Å². The first kappa shape index (κ1) is 24.4. The minimum atomic E-state index is 0.103. The van der Waals surface area contributed by atoms with Crippen molar-refractivity contribution in [1.82, 2.24) is 25.2 Å². The van der Waals surface area contributed by atoms with Gasteiger partial charge in [-0.15, -0.1) is 0 Å². The highest BCUT2D eigenvalue weighted by Gasteiger charge is 2.30. The Hall–Kier alpha value is -3.98. The second-order valence-corrected chi connectivity index (χ2v) is 9.55. The minimum absolute atomic E-state index is 0.103. The summed E-state index contributed by atoms with van der Waals surface area (Å²) < 4.78 is 16.9. The van der Waals surface area contributed by atoms with Crippen LogP contribution in [0.4, 0.5) is 17.5 Å². The number of piperazine rings is 1. The summed E-state index contributed by atoms with van der Waals surface area (Å²) in [5.41, 5.74) is 2.95. The molecule has 1 aromatic carbocycles. The SMILES string of the molecule is COc1nc(Nc2nccc(-c3ccc(OC4CNC4)c(C#N)c3)n2)ccc1N1CCN(C2COC2)CC1. The number of rotatable bonds is 8. The van der Waals surface area contributed by atoms with Crippen molar-refractivity contribution < 1.29 is 14.2 Å². The normalized spacial score (nSPS) is 18.3. The maximum absolute atomic E-state index is 9.64. The van der Waals surface area contributed by atoms with Gasteiger partial charge >= 0.3 is 0 Å². The number of hydrogen-bond donors (Lipinski definition) is 2. The van der Waals surface area contributed by atoms with Gasteiger partial charge in [0.25, 0.3) is 0 Å². The van der Waals surface area contributed by atoms with Crippen LogP contribution in [0, 0.1) is 11.3 Å². The van der Waals surface area contributed by atoms with Crippen LogP contribution in [0.3, 0.4) is 0 Å². The van der Waals surface area contributed by atoms with E-state index in [0.717, 1.165) is 63.7 Å². The van der Waals surface area contributed by atoms with Crippen LogP contribution in [-0.4, -0.2) is 91.6 Å². The van der Waals surface area contributed by atoms with E-state index in [1.165, 1.54) is 0 Å². The van der Waals surface area contributed by atoms with E-state index in [-0.39, 0.29) is 6.10 Å². The molecule has 3 fully saturated rings. The van der Waals surface area contributed by atoms with E-state index in [2.05, 4.69) is 41.5 Å². The van der Waals surface area contributed by atoms with Gasteiger partial charge in [0, 0.05) is 51.0 Å². The Morgan fingerprint density at radius 2 is 1.92 bits per heavy atom. The number of pyridine rings is 1. The first-order valence-corrected chi connectivity index (χ1v) is 12.8. The van der Waals surface area contributed by atoms with E-state index in [0.29, 0.717) is 40.7 Å². The van der Waals surface area contributed by atoms with Gasteiger partial charge in [-0.3, -0.25) is 4.90 Å². The average Bonchev–Trinajstić information content (AvgIpc) is 2.90. The van der Waals surface area contributed by atoms with Crippen molar-refractivity contribution >= 4 is 17.5 Å². The van der Waals surface area contributed by atoms with Crippen molar-refractivity contribution in [3.63, 3.8) is 0 Å². The third-order valence-corrected chi connectivity index (χ3v) is 7.15. The van der Waals surface area contributed by atoms with E-state index in [1.54, 1.807) is 19.4 Å². The molecule has 0 spiro atoms. The van der Waals surface area contributed by atoms with Crippen molar-refractivity contribution in [2.75, 3.05) is 69.8 Å². The molecule has 3 aliphatic rings. The van der Waals surface area contributed by atoms with Gasteiger partial charge in [0.2, 0.25) is 11.8 Å². The van der Waals surface area contributed by atoms with Gasteiger partial charge in [-0.05, 0) is 36.4 Å². The van der Waals surface area contributed by atoms with E-state index < -0.39 is 0 Å². The lowest BCUT2D eigenvalue weighted by molar-refractivity contribution is -0.0660. The summed E-state index contributed by atoms with van der Waals surface area (Å²) in [6.45, 7) is 7.09. The molecular formula is C27H30N8O3. The quantitative estimate of drug-likeness (QED) is 0.459. The predicted octanol–water partition coefficient (Wildman–Crippen LogP) is 2.03. The predicted molar refractivity (Wildman–Crippen MR) is 142 cm³/mol. The highest BCUT2D eigenvalue weighted by Crippen LogP contribution is 2.31. The maximum atomic E-state index is 9.64. The molecule has 38 heavy (non-hydrogen) atoms. The summed E-state index contributed by atoms with van der Waals surface area (Å²) in [4.78, 5) is 18.5. The van der Waals surface area contributed by atoms with E-state index in [4.69, 9.17) is 14.2 Å². The van der Waals surface area contributed by atoms with E-state index >= 15 is 0 Å². The molecule has 3 aliphatic heterocycles. The van der Waals surface area contributed by atoms with Crippen LogP contribution in [-0.2, 0) is 4.74 Å². The molecule has 0 unspecified atom stereocenters. The highest BCUT2D eigenvalue weighted by atomic mass is 16.5. The van der Waals surface area contributed by atoms with Crippen LogP contribution in [0.1, 0.15) is 5.56 Å². The molecule has 6 rings (SSSR count). The number of nitrogens with one attached hydrogen (secondary N) is 2. The number of ether oxygens (including phenoxy) is 3. The summed E-state index contributed by atoms with van der Waals surface area (Å²) in [6.07, 6.45) is 1.78. The number of nitrogens with zero attached hydrogens (tertiary/aromatic N) is 6. The fourth-order valence-corrected chi connectivity index (χ4v) is 4.75. The van der Waals surface area contributed by atoms with Crippen LogP contribution >= 0.6 is 0 Å². The summed E-state index contributed by atoms with van der Waals surface area (Å²) in [5.74, 6) is 2.14. The molecule has 0 atom stereocenters. The molecule has 0 amide bonds. The molecular weight excluding hydrogens is 484 g/mol. The van der Waals surface area contributed by atoms with Gasteiger partial charge in [-0.1, -0.05) is 0 Å². The monoisotopic (exact) mass is 514 g/mol. The summed E-state index contributed by atoms with van der Waals surface area (Å²) in [7, 11) is 1.64. The van der Waals surface area contributed by atoms with Gasteiger partial charge in [-0.2, -0.15) is 10.2 Å². The van der Waals surface area contributed by atoms with Gasteiger partial charge < -0.3 is 29.7 Å². The molecule has 0 radical (unpaired) electrons. The Labute approximate surface area is 221 Å². The van der Waals surface area contributed by atoms with Crippen molar-refractivity contribution in [1.29, 1.82) is 5.26 Å². The molecule has 196 valence electrons. The molecule has 2 N–H and O–H groups in total. The lowest BCUT2D eigenvalue weighted by Gasteiger charge is -2.43. The number of methoxy groups -OCH3 is 1. The Morgan fingerprint density at radius 1 is 1.08 bits per heavy atom. The van der Waals surface area contributed by atoms with Crippen molar-refractivity contribution in [3.8, 4) is 29.0 Å². The zero-order valence-electron chi connectivity index (χ0n) is 21.3. The Bertz CT molecular complexity index is 1330.